The van der Waals surface area contributed by atoms with E-state index in [1.165, 1.54) is 12.8 Å². The second-order valence-corrected chi connectivity index (χ2v) is 6.37. The highest BCUT2D eigenvalue weighted by molar-refractivity contribution is 5.96. The molecule has 1 amide bonds. The first kappa shape index (κ1) is 16.2. The van der Waals surface area contributed by atoms with E-state index in [2.05, 4.69) is 5.32 Å². The van der Waals surface area contributed by atoms with Crippen molar-refractivity contribution in [1.82, 2.24) is 5.32 Å². The maximum absolute atomic E-state index is 12.5. The Balaban J connectivity index is 1.85. The molecule has 1 fully saturated rings. The fraction of sp³-hybridized carbons (Fsp3) is 0.300. The number of hydrogen-bond donors (Lipinski definition) is 2. The first-order chi connectivity index (χ1) is 11.5. The number of carbonyl (C=O) groups is 2. The van der Waals surface area contributed by atoms with Gasteiger partial charge in [0.2, 0.25) is 0 Å². The van der Waals surface area contributed by atoms with Crippen molar-refractivity contribution in [3.63, 3.8) is 0 Å². The van der Waals surface area contributed by atoms with Crippen LogP contribution in [0.2, 0.25) is 0 Å². The third-order valence-electron chi connectivity index (χ3n) is 4.63. The Bertz CT molecular complexity index is 759. The number of carbonyl (C=O) groups excluding carboxylic acids is 1. The van der Waals surface area contributed by atoms with Crippen LogP contribution in [0, 0.1) is 6.92 Å². The van der Waals surface area contributed by atoms with Crippen LogP contribution < -0.4 is 5.32 Å². The minimum atomic E-state index is -0.942. The molecule has 0 aliphatic heterocycles. The summed E-state index contributed by atoms with van der Waals surface area (Å²) in [6.07, 6.45) is 4.47. The third kappa shape index (κ3) is 3.48. The fourth-order valence-electron chi connectivity index (χ4n) is 3.21. The maximum atomic E-state index is 12.5. The molecule has 4 nitrogen and oxygen atoms in total. The first-order valence-electron chi connectivity index (χ1n) is 8.30. The fourth-order valence-corrected chi connectivity index (χ4v) is 3.21. The first-order valence-corrected chi connectivity index (χ1v) is 8.30. The number of carboxylic acid groups (broad SMARTS) is 1. The summed E-state index contributed by atoms with van der Waals surface area (Å²) < 4.78 is 0. The number of rotatable bonds is 4. The number of aryl methyl sites for hydroxylation is 1. The molecule has 2 N–H and O–H groups in total. The van der Waals surface area contributed by atoms with Crippen molar-refractivity contribution in [3.8, 4) is 11.1 Å². The lowest BCUT2D eigenvalue weighted by molar-refractivity contribution is 0.0696. The number of aromatic carboxylic acids is 1. The van der Waals surface area contributed by atoms with Gasteiger partial charge >= 0.3 is 5.97 Å². The smallest absolute Gasteiger partial charge is 0.335 e. The van der Waals surface area contributed by atoms with Gasteiger partial charge in [-0.2, -0.15) is 0 Å². The molecule has 0 aromatic heterocycles. The zero-order valence-corrected chi connectivity index (χ0v) is 13.7. The monoisotopic (exact) mass is 323 g/mol. The minimum Gasteiger partial charge on any atom is -0.478 e. The molecule has 0 spiro atoms. The van der Waals surface area contributed by atoms with Gasteiger partial charge in [0.05, 0.1) is 5.56 Å². The number of carboxylic acids is 1. The lowest BCUT2D eigenvalue weighted by atomic mass is 9.97. The largest absolute Gasteiger partial charge is 0.478 e. The van der Waals surface area contributed by atoms with Crippen molar-refractivity contribution >= 4 is 11.9 Å². The Morgan fingerprint density at radius 3 is 2.25 bits per heavy atom. The summed E-state index contributed by atoms with van der Waals surface area (Å²) in [5, 5.41) is 12.1. The highest BCUT2D eigenvalue weighted by Gasteiger charge is 2.18. The summed E-state index contributed by atoms with van der Waals surface area (Å²) in [6.45, 7) is 1.99. The molecule has 4 heteroatoms. The van der Waals surface area contributed by atoms with Crippen molar-refractivity contribution in [2.75, 3.05) is 0 Å². The molecule has 0 bridgehead atoms. The Kier molecular flexibility index (Phi) is 4.65. The van der Waals surface area contributed by atoms with Crippen LogP contribution in [0.15, 0.2) is 42.5 Å². The Labute approximate surface area is 141 Å². The predicted octanol–water partition coefficient (Wildman–Crippen LogP) is 4.03. The van der Waals surface area contributed by atoms with Gasteiger partial charge in [-0.3, -0.25) is 4.79 Å². The average molecular weight is 323 g/mol. The van der Waals surface area contributed by atoms with Crippen LogP contribution in [0.1, 0.15) is 52.0 Å². The van der Waals surface area contributed by atoms with Crippen molar-refractivity contribution in [1.29, 1.82) is 0 Å². The lowest BCUT2D eigenvalue weighted by Crippen LogP contribution is -2.32. The SMILES string of the molecule is Cc1ccc(C(=O)NC2CCCC2)cc1-c1ccc(C(=O)O)cc1. The number of hydrogen-bond acceptors (Lipinski definition) is 2. The molecule has 0 atom stereocenters. The molecule has 0 radical (unpaired) electrons. The zero-order chi connectivity index (χ0) is 17.1. The molecule has 24 heavy (non-hydrogen) atoms. The van der Waals surface area contributed by atoms with E-state index >= 15 is 0 Å². The van der Waals surface area contributed by atoms with E-state index in [0.717, 1.165) is 29.5 Å². The lowest BCUT2D eigenvalue weighted by Gasteiger charge is -2.14. The molecule has 3 rings (SSSR count). The van der Waals surface area contributed by atoms with Crippen LogP contribution in [-0.4, -0.2) is 23.0 Å². The van der Waals surface area contributed by atoms with E-state index in [4.69, 9.17) is 5.11 Å². The normalized spacial score (nSPS) is 14.5. The van der Waals surface area contributed by atoms with E-state index in [-0.39, 0.29) is 17.5 Å². The zero-order valence-electron chi connectivity index (χ0n) is 13.7. The molecule has 0 heterocycles. The van der Waals surface area contributed by atoms with Gasteiger partial charge in [-0.25, -0.2) is 4.79 Å². The standard InChI is InChI=1S/C20H21NO3/c1-13-6-7-16(19(22)21-17-4-2-3-5-17)12-18(13)14-8-10-15(11-9-14)20(23)24/h6-12,17H,2-5H2,1H3,(H,21,22)(H,23,24). The van der Waals surface area contributed by atoms with E-state index < -0.39 is 5.97 Å². The van der Waals surface area contributed by atoms with Crippen LogP contribution >= 0.6 is 0 Å². The molecule has 124 valence electrons. The molecule has 2 aromatic rings. The quantitative estimate of drug-likeness (QED) is 0.892. The van der Waals surface area contributed by atoms with Gasteiger partial charge in [-0.1, -0.05) is 31.0 Å². The van der Waals surface area contributed by atoms with Gasteiger partial charge in [0, 0.05) is 11.6 Å². The van der Waals surface area contributed by atoms with E-state index in [1.54, 1.807) is 24.3 Å². The van der Waals surface area contributed by atoms with Crippen LogP contribution in [0.5, 0.6) is 0 Å². The highest BCUT2D eigenvalue weighted by Crippen LogP contribution is 2.26. The third-order valence-corrected chi connectivity index (χ3v) is 4.63. The van der Waals surface area contributed by atoms with Crippen LogP contribution in [0.3, 0.4) is 0 Å². The summed E-state index contributed by atoms with van der Waals surface area (Å²) in [4.78, 5) is 23.4. The van der Waals surface area contributed by atoms with E-state index in [0.29, 0.717) is 5.56 Å². The average Bonchev–Trinajstić information content (AvgIpc) is 3.08. The molecule has 1 aliphatic rings. The topological polar surface area (TPSA) is 66.4 Å². The molecular formula is C20H21NO3. The molecule has 2 aromatic carbocycles. The molecular weight excluding hydrogens is 302 g/mol. The maximum Gasteiger partial charge on any atom is 0.335 e. The van der Waals surface area contributed by atoms with Crippen molar-refractivity contribution in [2.45, 2.75) is 38.6 Å². The van der Waals surface area contributed by atoms with Crippen LogP contribution in [0.25, 0.3) is 11.1 Å². The summed E-state index contributed by atoms with van der Waals surface area (Å²) in [7, 11) is 0. The molecule has 1 saturated carbocycles. The number of amides is 1. The minimum absolute atomic E-state index is 0.0368. The molecule has 0 saturated heterocycles. The molecule has 0 unspecified atom stereocenters. The van der Waals surface area contributed by atoms with Gasteiger partial charge in [-0.15, -0.1) is 0 Å². The van der Waals surface area contributed by atoms with E-state index in [1.807, 2.05) is 25.1 Å². The van der Waals surface area contributed by atoms with Gasteiger partial charge in [0.15, 0.2) is 0 Å². The van der Waals surface area contributed by atoms with E-state index in [9.17, 15) is 9.59 Å². The Morgan fingerprint density at radius 1 is 1.00 bits per heavy atom. The van der Waals surface area contributed by atoms with Gasteiger partial charge in [-0.05, 0) is 60.7 Å². The summed E-state index contributed by atoms with van der Waals surface area (Å²) in [5.41, 5.74) is 3.81. The predicted molar refractivity (Wildman–Crippen MR) is 93.3 cm³/mol. The second kappa shape index (κ2) is 6.87. The number of nitrogens with one attached hydrogen (secondary N) is 1. The summed E-state index contributed by atoms with van der Waals surface area (Å²) in [5.74, 6) is -0.978. The number of benzene rings is 2. The van der Waals surface area contributed by atoms with Gasteiger partial charge in [0.25, 0.3) is 5.91 Å². The highest BCUT2D eigenvalue weighted by atomic mass is 16.4. The van der Waals surface area contributed by atoms with Crippen molar-refractivity contribution in [2.24, 2.45) is 0 Å². The Morgan fingerprint density at radius 2 is 1.62 bits per heavy atom. The van der Waals surface area contributed by atoms with Crippen molar-refractivity contribution < 1.29 is 14.7 Å². The second-order valence-electron chi connectivity index (χ2n) is 6.37. The summed E-state index contributed by atoms with van der Waals surface area (Å²) >= 11 is 0. The van der Waals surface area contributed by atoms with Crippen molar-refractivity contribution in [3.05, 3.63) is 59.2 Å². The van der Waals surface area contributed by atoms with Gasteiger partial charge < -0.3 is 10.4 Å². The van der Waals surface area contributed by atoms with Crippen LogP contribution in [-0.2, 0) is 0 Å². The van der Waals surface area contributed by atoms with Crippen LogP contribution in [0.4, 0.5) is 0 Å². The summed E-state index contributed by atoms with van der Waals surface area (Å²) in [6, 6.07) is 12.7. The molecule has 1 aliphatic carbocycles. The Hall–Kier alpha value is -2.62. The van der Waals surface area contributed by atoms with Gasteiger partial charge in [0.1, 0.15) is 0 Å².